The lowest BCUT2D eigenvalue weighted by molar-refractivity contribution is 0.0937. The Morgan fingerprint density at radius 2 is 1.88 bits per heavy atom. The highest BCUT2D eigenvalue weighted by molar-refractivity contribution is 6.03. The van der Waals surface area contributed by atoms with Crippen molar-refractivity contribution < 1.29 is 9.53 Å². The van der Waals surface area contributed by atoms with E-state index >= 15 is 0 Å². The van der Waals surface area contributed by atoms with E-state index in [1.165, 1.54) is 0 Å². The highest BCUT2D eigenvalue weighted by Gasteiger charge is 2.23. The molecular formula is C14H21NO2. The summed E-state index contributed by atoms with van der Waals surface area (Å²) >= 11 is 0. The minimum Gasteiger partial charge on any atom is -0.496 e. The third-order valence-corrected chi connectivity index (χ3v) is 2.91. The van der Waals surface area contributed by atoms with Gasteiger partial charge in [-0.1, -0.05) is 19.9 Å². The lowest BCUT2D eigenvalue weighted by atomic mass is 9.93. The minimum atomic E-state index is -0.481. The number of carbonyl (C=O) groups excluding carboxylic acids is 1. The molecule has 1 aromatic rings. The van der Waals surface area contributed by atoms with Crippen molar-refractivity contribution in [3.05, 3.63) is 28.8 Å². The molecule has 0 heterocycles. The molecule has 0 aromatic heterocycles. The summed E-state index contributed by atoms with van der Waals surface area (Å²) in [6, 6.07) is 3.36. The Bertz CT molecular complexity index is 424. The number of hydrogen-bond donors (Lipinski definition) is 1. The van der Waals surface area contributed by atoms with Crippen LogP contribution >= 0.6 is 0 Å². The van der Waals surface area contributed by atoms with Crippen LogP contribution < -0.4 is 10.5 Å². The molecule has 0 radical (unpaired) electrons. The average molecular weight is 235 g/mol. The zero-order valence-electron chi connectivity index (χ0n) is 11.2. The second kappa shape index (κ2) is 5.32. The molecule has 3 nitrogen and oxygen atoms in total. The van der Waals surface area contributed by atoms with Crippen LogP contribution in [0.2, 0.25) is 0 Å². The van der Waals surface area contributed by atoms with Gasteiger partial charge in [-0.3, -0.25) is 4.79 Å². The molecule has 2 N–H and O–H groups in total. The molecule has 0 aliphatic carbocycles. The first-order valence-electron chi connectivity index (χ1n) is 5.83. The van der Waals surface area contributed by atoms with Gasteiger partial charge < -0.3 is 10.5 Å². The van der Waals surface area contributed by atoms with Gasteiger partial charge in [-0.2, -0.15) is 0 Å². The molecule has 1 aromatic carbocycles. The van der Waals surface area contributed by atoms with Gasteiger partial charge in [0.15, 0.2) is 5.78 Å². The number of methoxy groups -OCH3 is 1. The minimum absolute atomic E-state index is 0.0522. The van der Waals surface area contributed by atoms with Crippen molar-refractivity contribution in [2.75, 3.05) is 7.11 Å². The van der Waals surface area contributed by atoms with Crippen LogP contribution in [0, 0.1) is 19.8 Å². The summed E-state index contributed by atoms with van der Waals surface area (Å²) in [7, 11) is 1.58. The topological polar surface area (TPSA) is 52.3 Å². The van der Waals surface area contributed by atoms with Crippen molar-refractivity contribution in [2.24, 2.45) is 11.7 Å². The predicted molar refractivity (Wildman–Crippen MR) is 69.6 cm³/mol. The summed E-state index contributed by atoms with van der Waals surface area (Å²) in [6.45, 7) is 7.78. The molecule has 0 aliphatic rings. The zero-order chi connectivity index (χ0) is 13.2. The number of aryl methyl sites for hydroxylation is 2. The Labute approximate surface area is 103 Å². The summed E-state index contributed by atoms with van der Waals surface area (Å²) in [5.41, 5.74) is 8.51. The van der Waals surface area contributed by atoms with Crippen LogP contribution in [0.15, 0.2) is 12.1 Å². The first-order chi connectivity index (χ1) is 7.88. The molecule has 0 fully saturated rings. The molecule has 0 saturated heterocycles. The number of rotatable bonds is 4. The molecule has 0 saturated carbocycles. The summed E-state index contributed by atoms with van der Waals surface area (Å²) < 4.78 is 5.31. The third kappa shape index (κ3) is 2.86. The van der Waals surface area contributed by atoms with Crippen LogP contribution in [0.5, 0.6) is 5.75 Å². The van der Waals surface area contributed by atoms with Crippen molar-refractivity contribution in [3.8, 4) is 5.75 Å². The molecule has 94 valence electrons. The van der Waals surface area contributed by atoms with Gasteiger partial charge >= 0.3 is 0 Å². The first-order valence-corrected chi connectivity index (χ1v) is 5.83. The maximum atomic E-state index is 12.3. The van der Waals surface area contributed by atoms with Gasteiger partial charge in [-0.05, 0) is 37.0 Å². The Balaban J connectivity index is 3.25. The lowest BCUT2D eigenvalue weighted by Crippen LogP contribution is -2.35. The molecule has 0 amide bonds. The van der Waals surface area contributed by atoms with Crippen LogP contribution in [0.3, 0.4) is 0 Å². The van der Waals surface area contributed by atoms with Gasteiger partial charge in [0.05, 0.1) is 18.7 Å². The standard InChI is InChI=1S/C14H21NO2/c1-8(2)12(15)13(16)11-7-9(3)6-10(4)14(11)17-5/h6-8,12H,15H2,1-5H3. The number of nitrogens with two attached hydrogens (primary N) is 1. The van der Waals surface area contributed by atoms with Crippen molar-refractivity contribution in [2.45, 2.75) is 33.7 Å². The van der Waals surface area contributed by atoms with E-state index in [9.17, 15) is 4.79 Å². The molecule has 1 atom stereocenters. The Morgan fingerprint density at radius 1 is 1.29 bits per heavy atom. The fourth-order valence-electron chi connectivity index (χ4n) is 1.89. The summed E-state index contributed by atoms with van der Waals surface area (Å²) in [4.78, 5) is 12.3. The van der Waals surface area contributed by atoms with Crippen LogP contribution in [0.25, 0.3) is 0 Å². The Morgan fingerprint density at radius 3 is 2.35 bits per heavy atom. The van der Waals surface area contributed by atoms with Gasteiger partial charge in [-0.15, -0.1) is 0 Å². The summed E-state index contributed by atoms with van der Waals surface area (Å²) in [6.07, 6.45) is 0. The van der Waals surface area contributed by atoms with Crippen molar-refractivity contribution in [1.29, 1.82) is 0 Å². The van der Waals surface area contributed by atoms with E-state index in [1.807, 2.05) is 39.8 Å². The second-order valence-electron chi connectivity index (χ2n) is 4.80. The van der Waals surface area contributed by atoms with Crippen LogP contribution in [-0.2, 0) is 0 Å². The summed E-state index contributed by atoms with van der Waals surface area (Å²) in [5, 5.41) is 0. The number of hydrogen-bond acceptors (Lipinski definition) is 3. The van der Waals surface area contributed by atoms with E-state index in [-0.39, 0.29) is 11.7 Å². The fourth-order valence-corrected chi connectivity index (χ4v) is 1.89. The largest absolute Gasteiger partial charge is 0.496 e. The normalized spacial score (nSPS) is 12.6. The smallest absolute Gasteiger partial charge is 0.183 e. The van der Waals surface area contributed by atoms with Crippen LogP contribution in [0.4, 0.5) is 0 Å². The molecule has 0 spiro atoms. The van der Waals surface area contributed by atoms with Crippen molar-refractivity contribution in [1.82, 2.24) is 0 Å². The van der Waals surface area contributed by atoms with Gasteiger partial charge in [0, 0.05) is 0 Å². The third-order valence-electron chi connectivity index (χ3n) is 2.91. The van der Waals surface area contributed by atoms with E-state index in [0.29, 0.717) is 11.3 Å². The quantitative estimate of drug-likeness (QED) is 0.816. The number of ether oxygens (including phenoxy) is 1. The molecule has 17 heavy (non-hydrogen) atoms. The monoisotopic (exact) mass is 235 g/mol. The van der Waals surface area contributed by atoms with Crippen molar-refractivity contribution in [3.63, 3.8) is 0 Å². The maximum Gasteiger partial charge on any atom is 0.183 e. The number of carbonyl (C=O) groups is 1. The molecule has 1 unspecified atom stereocenters. The molecule has 0 aliphatic heterocycles. The summed E-state index contributed by atoms with van der Waals surface area (Å²) in [5.74, 6) is 0.702. The lowest BCUT2D eigenvalue weighted by Gasteiger charge is -2.18. The molecule has 3 heteroatoms. The van der Waals surface area contributed by atoms with Gasteiger partial charge in [-0.25, -0.2) is 0 Å². The Kier molecular flexibility index (Phi) is 4.29. The van der Waals surface area contributed by atoms with E-state index in [1.54, 1.807) is 7.11 Å². The predicted octanol–water partition coefficient (Wildman–Crippen LogP) is 2.48. The van der Waals surface area contributed by atoms with E-state index in [2.05, 4.69) is 0 Å². The van der Waals surface area contributed by atoms with E-state index < -0.39 is 6.04 Å². The Hall–Kier alpha value is -1.35. The molecule has 0 bridgehead atoms. The van der Waals surface area contributed by atoms with Gasteiger partial charge in [0.1, 0.15) is 5.75 Å². The molecule has 1 rings (SSSR count). The highest BCUT2D eigenvalue weighted by atomic mass is 16.5. The van der Waals surface area contributed by atoms with Gasteiger partial charge in [0.2, 0.25) is 0 Å². The van der Waals surface area contributed by atoms with Crippen molar-refractivity contribution >= 4 is 5.78 Å². The van der Waals surface area contributed by atoms with Crippen LogP contribution in [-0.4, -0.2) is 18.9 Å². The number of benzene rings is 1. The first kappa shape index (κ1) is 13.7. The second-order valence-corrected chi connectivity index (χ2v) is 4.80. The van der Waals surface area contributed by atoms with E-state index in [4.69, 9.17) is 10.5 Å². The fraction of sp³-hybridized carbons (Fsp3) is 0.500. The number of Topliss-reactive ketones (excluding diaryl/α,β-unsaturated/α-hetero) is 1. The zero-order valence-corrected chi connectivity index (χ0v) is 11.2. The molecular weight excluding hydrogens is 214 g/mol. The van der Waals surface area contributed by atoms with Gasteiger partial charge in [0.25, 0.3) is 0 Å². The van der Waals surface area contributed by atoms with E-state index in [0.717, 1.165) is 11.1 Å². The number of ketones is 1. The highest BCUT2D eigenvalue weighted by Crippen LogP contribution is 2.26. The SMILES string of the molecule is COc1c(C)cc(C)cc1C(=O)C(N)C(C)C. The maximum absolute atomic E-state index is 12.3. The average Bonchev–Trinajstić information content (AvgIpc) is 2.25. The van der Waals surface area contributed by atoms with Crippen LogP contribution in [0.1, 0.15) is 35.3 Å².